The van der Waals surface area contributed by atoms with Crippen LogP contribution in [0.2, 0.25) is 0 Å². The maximum Gasteiger partial charge on any atom is 0.147 e. The van der Waals surface area contributed by atoms with Crippen LogP contribution < -0.4 is 0 Å². The lowest BCUT2D eigenvalue weighted by Crippen LogP contribution is -2.51. The van der Waals surface area contributed by atoms with Crippen molar-refractivity contribution in [2.24, 2.45) is 40.9 Å². The van der Waals surface area contributed by atoms with E-state index in [0.717, 1.165) is 55.3 Å². The number of rotatable bonds is 3. The maximum absolute atomic E-state index is 12.5. The molecule has 0 aliphatic heterocycles. The van der Waals surface area contributed by atoms with Crippen molar-refractivity contribution >= 4 is 21.7 Å². The molecule has 142 valence electrons. The van der Waals surface area contributed by atoms with Gasteiger partial charge in [0.1, 0.15) is 5.78 Å². The van der Waals surface area contributed by atoms with E-state index in [-0.39, 0.29) is 11.0 Å². The number of Topliss-reactive ketones (excluding diaryl/α,β-unsaturated/α-hetero) is 1. The highest BCUT2D eigenvalue weighted by atomic mass is 79.9. The van der Waals surface area contributed by atoms with Crippen molar-refractivity contribution in [3.05, 3.63) is 0 Å². The molecule has 0 saturated heterocycles. The summed E-state index contributed by atoms with van der Waals surface area (Å²) in [5.74, 6) is 4.84. The first-order valence-electron chi connectivity index (χ1n) is 10.7. The van der Waals surface area contributed by atoms with Crippen LogP contribution in [0.5, 0.6) is 0 Å². The molecule has 4 fully saturated rings. The lowest BCUT2D eigenvalue weighted by atomic mass is 9.48. The Morgan fingerprint density at radius 1 is 1.04 bits per heavy atom. The molecule has 0 aromatic rings. The second-order valence-corrected chi connectivity index (χ2v) is 10.6. The molecule has 0 aromatic carbocycles. The van der Waals surface area contributed by atoms with E-state index in [1.807, 2.05) is 0 Å². The molecule has 2 nitrogen and oxygen atoms in total. The summed E-state index contributed by atoms with van der Waals surface area (Å²) in [6.45, 7) is 4.59. The van der Waals surface area contributed by atoms with Crippen LogP contribution in [0.25, 0.3) is 0 Å². The zero-order valence-corrected chi connectivity index (χ0v) is 17.6. The summed E-state index contributed by atoms with van der Waals surface area (Å²) in [5, 5.41) is 11.3. The highest BCUT2D eigenvalue weighted by Gasteiger charge is 2.58. The van der Waals surface area contributed by atoms with Gasteiger partial charge in [0.25, 0.3) is 0 Å². The van der Waals surface area contributed by atoms with Gasteiger partial charge in [-0.15, -0.1) is 0 Å². The number of hydrogen-bond donors (Lipinski definition) is 1. The van der Waals surface area contributed by atoms with Crippen molar-refractivity contribution in [2.75, 3.05) is 5.33 Å². The molecule has 0 radical (unpaired) electrons. The van der Waals surface area contributed by atoms with E-state index in [1.54, 1.807) is 0 Å². The maximum atomic E-state index is 12.5. The normalized spacial score (nSPS) is 52.2. The Kier molecular flexibility index (Phi) is 4.89. The Labute approximate surface area is 161 Å². The van der Waals surface area contributed by atoms with E-state index in [4.69, 9.17) is 0 Å². The number of carbonyl (C=O) groups is 1. The third-order valence-corrected chi connectivity index (χ3v) is 9.84. The zero-order valence-electron chi connectivity index (χ0n) is 16.0. The Balaban J connectivity index is 1.52. The highest BCUT2D eigenvalue weighted by molar-refractivity contribution is 9.09. The molecule has 8 atom stereocenters. The average Bonchev–Trinajstić information content (AvgIpc) is 2.98. The van der Waals surface area contributed by atoms with Crippen LogP contribution in [0.4, 0.5) is 0 Å². The predicted octanol–water partition coefficient (Wildman–Crippen LogP) is 5.36. The first-order chi connectivity index (χ1) is 11.9. The van der Waals surface area contributed by atoms with Crippen molar-refractivity contribution in [2.45, 2.75) is 83.7 Å². The molecule has 0 aromatic heterocycles. The predicted molar refractivity (Wildman–Crippen MR) is 105 cm³/mol. The van der Waals surface area contributed by atoms with Crippen LogP contribution in [0.1, 0.15) is 78.1 Å². The van der Waals surface area contributed by atoms with Gasteiger partial charge in [-0.25, -0.2) is 0 Å². The lowest BCUT2D eigenvalue weighted by Gasteiger charge is -2.57. The van der Waals surface area contributed by atoms with Crippen molar-refractivity contribution in [1.29, 1.82) is 0 Å². The van der Waals surface area contributed by atoms with Crippen LogP contribution >= 0.6 is 15.9 Å². The first-order valence-corrected chi connectivity index (χ1v) is 11.8. The Bertz CT molecular complexity index is 534. The van der Waals surface area contributed by atoms with Crippen molar-refractivity contribution < 1.29 is 9.90 Å². The quantitative estimate of drug-likeness (QED) is 0.635. The summed E-state index contributed by atoms with van der Waals surface area (Å²) in [5.41, 5.74) is -0.115. The summed E-state index contributed by atoms with van der Waals surface area (Å²) in [4.78, 5) is 12.5. The largest absolute Gasteiger partial charge is 0.390 e. The lowest BCUT2D eigenvalue weighted by molar-refractivity contribution is -0.130. The van der Waals surface area contributed by atoms with Gasteiger partial charge in [-0.2, -0.15) is 0 Å². The standard InChI is InChI=1S/C22H35BrO2/c1-3-22(25)11-9-15-14(12-22)4-5-17-16(15)8-10-21(2)18(17)6-7-19(21)20(24)13-23/h14-19,25H,3-13H2,1-2H3/t14-,15?,16-,17-,18+,19-,21+,22-/m1/s1. The highest BCUT2D eigenvalue weighted by Crippen LogP contribution is 2.64. The molecule has 1 unspecified atom stereocenters. The molecule has 25 heavy (non-hydrogen) atoms. The SMILES string of the molecule is CC[C@@]1(O)CCC2[C@H](CC[C@@H]3[C@@H]2CC[C@]2(C)[C@@H](C(=O)CBr)CC[C@@H]32)C1. The second-order valence-electron chi connectivity index (χ2n) is 10.0. The number of alkyl halides is 1. The zero-order chi connectivity index (χ0) is 17.8. The third-order valence-electron chi connectivity index (χ3n) is 9.28. The summed E-state index contributed by atoms with van der Waals surface area (Å²) >= 11 is 3.42. The molecule has 0 bridgehead atoms. The minimum absolute atomic E-state index is 0.262. The molecule has 0 heterocycles. The number of aliphatic hydroxyl groups is 1. The fraction of sp³-hybridized carbons (Fsp3) is 0.955. The molecular formula is C22H35BrO2. The smallest absolute Gasteiger partial charge is 0.147 e. The molecule has 0 spiro atoms. The van der Waals surface area contributed by atoms with Crippen molar-refractivity contribution in [3.63, 3.8) is 0 Å². The third kappa shape index (κ3) is 2.87. The van der Waals surface area contributed by atoms with Crippen LogP contribution in [-0.4, -0.2) is 21.8 Å². The monoisotopic (exact) mass is 410 g/mol. The van der Waals surface area contributed by atoms with Gasteiger partial charge in [0, 0.05) is 5.92 Å². The topological polar surface area (TPSA) is 37.3 Å². The second kappa shape index (κ2) is 6.62. The van der Waals surface area contributed by atoms with Gasteiger partial charge in [-0.3, -0.25) is 4.79 Å². The van der Waals surface area contributed by atoms with Crippen LogP contribution in [0.15, 0.2) is 0 Å². The van der Waals surface area contributed by atoms with Crippen molar-refractivity contribution in [1.82, 2.24) is 0 Å². The molecule has 0 amide bonds. The average molecular weight is 411 g/mol. The molecule has 3 heteroatoms. The Morgan fingerprint density at radius 2 is 1.80 bits per heavy atom. The van der Waals surface area contributed by atoms with Gasteiger partial charge in [-0.05, 0) is 99.2 Å². The fourth-order valence-electron chi connectivity index (χ4n) is 7.91. The van der Waals surface area contributed by atoms with Gasteiger partial charge < -0.3 is 5.11 Å². The molecular weight excluding hydrogens is 376 g/mol. The minimum atomic E-state index is -0.377. The van der Waals surface area contributed by atoms with Crippen LogP contribution in [0.3, 0.4) is 0 Å². The van der Waals surface area contributed by atoms with E-state index < -0.39 is 0 Å². The van der Waals surface area contributed by atoms with E-state index >= 15 is 0 Å². The number of fused-ring (bicyclic) bond motifs is 5. The molecule has 4 aliphatic rings. The van der Waals surface area contributed by atoms with Crippen LogP contribution in [-0.2, 0) is 4.79 Å². The summed E-state index contributed by atoms with van der Waals surface area (Å²) in [6.07, 6.45) is 11.9. The Morgan fingerprint density at radius 3 is 2.52 bits per heavy atom. The molecule has 1 N–H and O–H groups in total. The van der Waals surface area contributed by atoms with Crippen LogP contribution in [0, 0.1) is 40.9 Å². The van der Waals surface area contributed by atoms with Gasteiger partial charge in [0.2, 0.25) is 0 Å². The summed E-state index contributed by atoms with van der Waals surface area (Å²) in [7, 11) is 0. The van der Waals surface area contributed by atoms with Crippen molar-refractivity contribution in [3.8, 4) is 0 Å². The summed E-state index contributed by atoms with van der Waals surface area (Å²) < 4.78 is 0. The van der Waals surface area contributed by atoms with E-state index in [1.165, 1.54) is 38.5 Å². The van der Waals surface area contributed by atoms with E-state index in [0.29, 0.717) is 17.0 Å². The number of hydrogen-bond acceptors (Lipinski definition) is 2. The minimum Gasteiger partial charge on any atom is -0.390 e. The molecule has 4 aliphatic carbocycles. The first kappa shape index (κ1) is 18.5. The van der Waals surface area contributed by atoms with Gasteiger partial charge in [-0.1, -0.05) is 29.8 Å². The number of carbonyl (C=O) groups excluding carboxylic acids is 1. The number of ketones is 1. The molecule has 4 rings (SSSR count). The van der Waals surface area contributed by atoms with E-state index in [9.17, 15) is 9.90 Å². The van der Waals surface area contributed by atoms with Gasteiger partial charge >= 0.3 is 0 Å². The fourth-order valence-corrected chi connectivity index (χ4v) is 8.30. The summed E-state index contributed by atoms with van der Waals surface area (Å²) in [6, 6.07) is 0. The molecule has 4 saturated carbocycles. The Hall–Kier alpha value is 0.110. The van der Waals surface area contributed by atoms with E-state index in [2.05, 4.69) is 29.8 Å². The van der Waals surface area contributed by atoms with Gasteiger partial charge in [0.05, 0.1) is 10.9 Å². The van der Waals surface area contributed by atoms with Gasteiger partial charge in [0.15, 0.2) is 0 Å². The number of halogens is 1.